The van der Waals surface area contributed by atoms with Crippen LogP contribution in [0.2, 0.25) is 0 Å². The number of nitrogens with one attached hydrogen (secondary N) is 1. The Hall–Kier alpha value is -0.930. The molecule has 1 aromatic carbocycles. The zero-order valence-electron chi connectivity index (χ0n) is 11.8. The second-order valence-electron chi connectivity index (χ2n) is 6.16. The lowest BCUT2D eigenvalue weighted by Crippen LogP contribution is -2.47. The average Bonchev–Trinajstić information content (AvgIpc) is 2.63. The zero-order valence-corrected chi connectivity index (χ0v) is 11.8. The van der Waals surface area contributed by atoms with Gasteiger partial charge in [-0.3, -0.25) is 0 Å². The third kappa shape index (κ3) is 2.67. The molecule has 1 aromatic rings. The molecule has 2 bridgehead atoms. The molecular weight excluding hydrogens is 239 g/mol. The number of hydrogen-bond acceptors (Lipinski definition) is 2. The van der Waals surface area contributed by atoms with Gasteiger partial charge in [-0.15, -0.1) is 0 Å². The molecular formula is C16H23FN2. The van der Waals surface area contributed by atoms with Crippen molar-refractivity contribution in [2.75, 3.05) is 7.05 Å². The van der Waals surface area contributed by atoms with Gasteiger partial charge in [0.2, 0.25) is 0 Å². The van der Waals surface area contributed by atoms with Crippen LogP contribution in [0.25, 0.3) is 0 Å². The van der Waals surface area contributed by atoms with Gasteiger partial charge in [-0.2, -0.15) is 0 Å². The Bertz CT molecular complexity index is 417. The van der Waals surface area contributed by atoms with Crippen LogP contribution in [0.4, 0.5) is 4.39 Å². The second-order valence-corrected chi connectivity index (χ2v) is 6.16. The molecule has 104 valence electrons. The second kappa shape index (κ2) is 5.22. The Labute approximate surface area is 115 Å². The quantitative estimate of drug-likeness (QED) is 0.900. The van der Waals surface area contributed by atoms with Gasteiger partial charge in [0, 0.05) is 24.2 Å². The van der Waals surface area contributed by atoms with Crippen molar-refractivity contribution in [1.82, 2.24) is 10.2 Å². The lowest BCUT2D eigenvalue weighted by Gasteiger charge is -2.38. The first-order valence-corrected chi connectivity index (χ1v) is 7.37. The minimum Gasteiger partial charge on any atom is -0.307 e. The van der Waals surface area contributed by atoms with Gasteiger partial charge in [-0.1, -0.05) is 12.1 Å². The van der Waals surface area contributed by atoms with Crippen LogP contribution in [-0.4, -0.2) is 30.1 Å². The van der Waals surface area contributed by atoms with E-state index in [0.29, 0.717) is 12.1 Å². The van der Waals surface area contributed by atoms with Crippen molar-refractivity contribution in [2.45, 2.75) is 56.8 Å². The van der Waals surface area contributed by atoms with Crippen molar-refractivity contribution in [3.63, 3.8) is 0 Å². The standard InChI is InChI=1S/C16H23FN2/c1-11(12-3-5-13(17)6-4-12)18-14-9-15-7-8-16(10-14)19(15)2/h3-6,11,14-16,18H,7-10H2,1-2H3/t11-,14?,15?,16?/m1/s1. The van der Waals surface area contributed by atoms with E-state index >= 15 is 0 Å². The van der Waals surface area contributed by atoms with Crippen LogP contribution in [-0.2, 0) is 0 Å². The summed E-state index contributed by atoms with van der Waals surface area (Å²) >= 11 is 0. The van der Waals surface area contributed by atoms with Crippen LogP contribution in [0, 0.1) is 5.82 Å². The maximum Gasteiger partial charge on any atom is 0.123 e. The summed E-state index contributed by atoms with van der Waals surface area (Å²) in [6, 6.07) is 9.29. The lowest BCUT2D eigenvalue weighted by molar-refractivity contribution is 0.144. The van der Waals surface area contributed by atoms with Crippen molar-refractivity contribution in [2.24, 2.45) is 0 Å². The van der Waals surface area contributed by atoms with E-state index in [1.165, 1.54) is 31.2 Å². The molecule has 0 aromatic heterocycles. The summed E-state index contributed by atoms with van der Waals surface area (Å²) in [7, 11) is 2.27. The predicted molar refractivity (Wildman–Crippen MR) is 75.5 cm³/mol. The molecule has 2 unspecified atom stereocenters. The van der Waals surface area contributed by atoms with E-state index in [9.17, 15) is 4.39 Å². The molecule has 0 amide bonds. The van der Waals surface area contributed by atoms with Gasteiger partial charge in [-0.25, -0.2) is 4.39 Å². The van der Waals surface area contributed by atoms with Crippen molar-refractivity contribution in [3.05, 3.63) is 35.6 Å². The van der Waals surface area contributed by atoms with E-state index < -0.39 is 0 Å². The number of rotatable bonds is 3. The third-order valence-corrected chi connectivity index (χ3v) is 4.95. The molecule has 0 aliphatic carbocycles. The van der Waals surface area contributed by atoms with Crippen LogP contribution < -0.4 is 5.32 Å². The van der Waals surface area contributed by atoms with Crippen LogP contribution in [0.15, 0.2) is 24.3 Å². The number of piperidine rings is 1. The third-order valence-electron chi connectivity index (χ3n) is 4.95. The van der Waals surface area contributed by atoms with Crippen molar-refractivity contribution >= 4 is 0 Å². The number of fused-ring (bicyclic) bond motifs is 2. The SMILES string of the molecule is C[C@@H](NC1CC2CCC(C1)N2C)c1ccc(F)cc1. The van der Waals surface area contributed by atoms with E-state index in [2.05, 4.69) is 24.2 Å². The van der Waals surface area contributed by atoms with E-state index in [4.69, 9.17) is 0 Å². The van der Waals surface area contributed by atoms with Gasteiger partial charge < -0.3 is 10.2 Å². The van der Waals surface area contributed by atoms with Gasteiger partial charge in [0.05, 0.1) is 0 Å². The van der Waals surface area contributed by atoms with Crippen molar-refractivity contribution in [3.8, 4) is 0 Å². The predicted octanol–water partition coefficient (Wildman–Crippen LogP) is 3.10. The molecule has 1 N–H and O–H groups in total. The Morgan fingerprint density at radius 2 is 1.74 bits per heavy atom. The average molecular weight is 262 g/mol. The molecule has 3 rings (SSSR count). The van der Waals surface area contributed by atoms with E-state index in [-0.39, 0.29) is 5.82 Å². The fourth-order valence-corrected chi connectivity index (χ4v) is 3.75. The highest BCUT2D eigenvalue weighted by Gasteiger charge is 2.38. The van der Waals surface area contributed by atoms with E-state index in [0.717, 1.165) is 12.1 Å². The van der Waals surface area contributed by atoms with Crippen LogP contribution in [0.5, 0.6) is 0 Å². The topological polar surface area (TPSA) is 15.3 Å². The normalized spacial score (nSPS) is 32.5. The van der Waals surface area contributed by atoms with Gasteiger partial charge >= 0.3 is 0 Å². The summed E-state index contributed by atoms with van der Waals surface area (Å²) < 4.78 is 12.9. The minimum absolute atomic E-state index is 0.159. The van der Waals surface area contributed by atoms with E-state index in [1.54, 1.807) is 12.1 Å². The molecule has 3 heteroatoms. The monoisotopic (exact) mass is 262 g/mol. The van der Waals surface area contributed by atoms with Crippen molar-refractivity contribution in [1.29, 1.82) is 0 Å². The number of benzene rings is 1. The zero-order chi connectivity index (χ0) is 13.4. The Kier molecular flexibility index (Phi) is 3.59. The summed E-state index contributed by atoms with van der Waals surface area (Å²) in [6.45, 7) is 2.17. The van der Waals surface area contributed by atoms with Gasteiger partial charge in [0.25, 0.3) is 0 Å². The fourth-order valence-electron chi connectivity index (χ4n) is 3.75. The summed E-state index contributed by atoms with van der Waals surface area (Å²) in [4.78, 5) is 2.56. The molecule has 2 aliphatic rings. The molecule has 0 spiro atoms. The first kappa shape index (κ1) is 13.1. The summed E-state index contributed by atoms with van der Waals surface area (Å²) in [5.74, 6) is -0.159. The molecule has 2 aliphatic heterocycles. The van der Waals surface area contributed by atoms with Crippen LogP contribution in [0.3, 0.4) is 0 Å². The van der Waals surface area contributed by atoms with Gasteiger partial charge in [-0.05, 0) is 57.4 Å². The molecule has 2 fully saturated rings. The number of halogens is 1. The molecule has 19 heavy (non-hydrogen) atoms. The summed E-state index contributed by atoms with van der Waals surface area (Å²) in [5, 5.41) is 3.73. The Morgan fingerprint density at radius 1 is 1.16 bits per heavy atom. The molecule has 2 saturated heterocycles. The first-order chi connectivity index (χ1) is 9.13. The van der Waals surface area contributed by atoms with Crippen LogP contribution >= 0.6 is 0 Å². The molecule has 0 saturated carbocycles. The maximum atomic E-state index is 12.9. The van der Waals surface area contributed by atoms with Gasteiger partial charge in [0.1, 0.15) is 5.82 Å². The molecule has 0 radical (unpaired) electrons. The smallest absolute Gasteiger partial charge is 0.123 e. The molecule has 2 nitrogen and oxygen atoms in total. The minimum atomic E-state index is -0.159. The molecule has 2 heterocycles. The fraction of sp³-hybridized carbons (Fsp3) is 0.625. The Morgan fingerprint density at radius 3 is 2.32 bits per heavy atom. The number of nitrogens with zero attached hydrogens (tertiary/aromatic N) is 1. The molecule has 3 atom stereocenters. The first-order valence-electron chi connectivity index (χ1n) is 7.37. The highest BCUT2D eigenvalue weighted by atomic mass is 19.1. The Balaban J connectivity index is 1.61. The van der Waals surface area contributed by atoms with Crippen LogP contribution in [0.1, 0.15) is 44.2 Å². The summed E-state index contributed by atoms with van der Waals surface area (Å²) in [6.07, 6.45) is 5.20. The summed E-state index contributed by atoms with van der Waals surface area (Å²) in [5.41, 5.74) is 1.17. The maximum absolute atomic E-state index is 12.9. The van der Waals surface area contributed by atoms with E-state index in [1.807, 2.05) is 12.1 Å². The lowest BCUT2D eigenvalue weighted by atomic mass is 9.96. The highest BCUT2D eigenvalue weighted by molar-refractivity contribution is 5.19. The largest absolute Gasteiger partial charge is 0.307 e. The van der Waals surface area contributed by atoms with Gasteiger partial charge in [0.15, 0.2) is 0 Å². The highest BCUT2D eigenvalue weighted by Crippen LogP contribution is 2.34. The number of hydrogen-bond donors (Lipinski definition) is 1. The van der Waals surface area contributed by atoms with Crippen molar-refractivity contribution < 1.29 is 4.39 Å².